The molecule has 4 rings (SSSR count). The van der Waals surface area contributed by atoms with Gasteiger partial charge >= 0.3 is 0 Å². The second kappa shape index (κ2) is 8.69. The van der Waals surface area contributed by atoms with Crippen LogP contribution in [0.25, 0.3) is 0 Å². The largest absolute Gasteiger partial charge is 0.335 e. The average Bonchev–Trinajstić information content (AvgIpc) is 2.87. The number of para-hydroxylation sites is 1. The van der Waals surface area contributed by atoms with Crippen LogP contribution in [0.15, 0.2) is 107 Å². The Morgan fingerprint density at radius 1 is 1.14 bits per heavy atom. The molecular weight excluding hydrogens is 350 g/mol. The van der Waals surface area contributed by atoms with Gasteiger partial charge in [0.15, 0.2) is 0 Å². The highest BCUT2D eigenvalue weighted by atomic mass is 15.2. The van der Waals surface area contributed by atoms with Crippen LogP contribution in [0.2, 0.25) is 0 Å². The molecule has 0 aromatic heterocycles. The molecule has 2 bridgehead atoms. The molecule has 1 atom stereocenters. The molecule has 0 amide bonds. The highest BCUT2D eigenvalue weighted by Crippen LogP contribution is 2.35. The highest BCUT2D eigenvalue weighted by molar-refractivity contribution is 5.64. The number of allylic oxidation sites excluding steroid dienone is 12. The van der Waals surface area contributed by atoms with Crippen LogP contribution in [-0.4, -0.2) is 6.04 Å². The van der Waals surface area contributed by atoms with E-state index in [1.165, 1.54) is 33.7 Å². The maximum atomic E-state index is 2.49. The van der Waals surface area contributed by atoms with Crippen LogP contribution >= 0.6 is 0 Å². The fraction of sp³-hybridized carbons (Fsp3) is 0.286. The van der Waals surface area contributed by atoms with Crippen molar-refractivity contribution in [3.05, 3.63) is 113 Å². The molecule has 0 fully saturated rings. The van der Waals surface area contributed by atoms with E-state index in [1.807, 2.05) is 0 Å². The zero-order chi connectivity index (χ0) is 20.2. The minimum absolute atomic E-state index is 0.268. The molecule has 1 unspecified atom stereocenters. The molecule has 3 aliphatic rings. The van der Waals surface area contributed by atoms with Gasteiger partial charge in [0.2, 0.25) is 0 Å². The second-order valence-corrected chi connectivity index (χ2v) is 8.25. The molecule has 148 valence electrons. The maximum absolute atomic E-state index is 2.49. The molecule has 2 aliphatic carbocycles. The SMILES string of the molecule is C/C=C\C1=C(C)C/C(=C/C/C=C(\C)N2c3ccccc3CC3=CC2C=CC=C3)C1. The number of hydrogen-bond acceptors (Lipinski definition) is 1. The molecule has 0 N–H and O–H groups in total. The molecule has 0 saturated carbocycles. The first kappa shape index (κ1) is 19.5. The van der Waals surface area contributed by atoms with Crippen molar-refractivity contribution < 1.29 is 0 Å². The number of hydrogen-bond donors (Lipinski definition) is 0. The van der Waals surface area contributed by atoms with Gasteiger partial charge in [0, 0.05) is 11.4 Å². The fourth-order valence-corrected chi connectivity index (χ4v) is 4.62. The summed E-state index contributed by atoms with van der Waals surface area (Å²) in [6.45, 7) is 6.62. The highest BCUT2D eigenvalue weighted by Gasteiger charge is 2.23. The smallest absolute Gasteiger partial charge is 0.0711 e. The van der Waals surface area contributed by atoms with Crippen molar-refractivity contribution in [1.29, 1.82) is 0 Å². The Labute approximate surface area is 175 Å². The fourth-order valence-electron chi connectivity index (χ4n) is 4.62. The molecule has 1 aromatic rings. The zero-order valence-electron chi connectivity index (χ0n) is 17.9. The number of nitrogens with zero attached hydrogens (tertiary/aromatic N) is 1. The third-order valence-corrected chi connectivity index (χ3v) is 6.08. The van der Waals surface area contributed by atoms with E-state index in [-0.39, 0.29) is 6.04 Å². The molecule has 29 heavy (non-hydrogen) atoms. The summed E-state index contributed by atoms with van der Waals surface area (Å²) < 4.78 is 0. The maximum Gasteiger partial charge on any atom is 0.0711 e. The van der Waals surface area contributed by atoms with E-state index < -0.39 is 0 Å². The Kier molecular flexibility index (Phi) is 5.85. The minimum Gasteiger partial charge on any atom is -0.335 e. The van der Waals surface area contributed by atoms with Crippen LogP contribution in [0.3, 0.4) is 0 Å². The van der Waals surface area contributed by atoms with Gasteiger partial charge in [-0.3, -0.25) is 0 Å². The summed E-state index contributed by atoms with van der Waals surface area (Å²) in [5.41, 5.74) is 10.0. The van der Waals surface area contributed by atoms with Crippen molar-refractivity contribution in [3.8, 4) is 0 Å². The zero-order valence-corrected chi connectivity index (χ0v) is 17.9. The predicted octanol–water partition coefficient (Wildman–Crippen LogP) is 7.38. The number of anilines is 1. The Bertz CT molecular complexity index is 991. The van der Waals surface area contributed by atoms with Crippen molar-refractivity contribution in [3.63, 3.8) is 0 Å². The summed E-state index contributed by atoms with van der Waals surface area (Å²) in [6.07, 6.45) is 24.8. The summed E-state index contributed by atoms with van der Waals surface area (Å²) >= 11 is 0. The molecule has 0 saturated heterocycles. The van der Waals surface area contributed by atoms with E-state index in [2.05, 4.69) is 105 Å². The molecule has 1 aromatic carbocycles. The van der Waals surface area contributed by atoms with Crippen LogP contribution in [0.5, 0.6) is 0 Å². The van der Waals surface area contributed by atoms with Crippen molar-refractivity contribution in [2.75, 3.05) is 4.90 Å². The van der Waals surface area contributed by atoms with Gasteiger partial charge in [-0.05, 0) is 69.2 Å². The van der Waals surface area contributed by atoms with Crippen molar-refractivity contribution in [1.82, 2.24) is 0 Å². The molecule has 0 radical (unpaired) electrons. The monoisotopic (exact) mass is 381 g/mol. The molecule has 1 heteroatoms. The summed E-state index contributed by atoms with van der Waals surface area (Å²) in [4.78, 5) is 2.49. The lowest BCUT2D eigenvalue weighted by Crippen LogP contribution is -2.30. The van der Waals surface area contributed by atoms with E-state index in [1.54, 1.807) is 5.57 Å². The number of fused-ring (bicyclic) bond motifs is 2. The minimum atomic E-state index is 0.268. The first-order chi connectivity index (χ1) is 14.2. The van der Waals surface area contributed by atoms with E-state index >= 15 is 0 Å². The van der Waals surface area contributed by atoms with Gasteiger partial charge in [-0.25, -0.2) is 0 Å². The predicted molar refractivity (Wildman–Crippen MR) is 126 cm³/mol. The van der Waals surface area contributed by atoms with Crippen LogP contribution < -0.4 is 4.90 Å². The van der Waals surface area contributed by atoms with Crippen LogP contribution in [0, 0.1) is 0 Å². The van der Waals surface area contributed by atoms with E-state index in [0.717, 1.165) is 25.7 Å². The lowest BCUT2D eigenvalue weighted by molar-refractivity contribution is 0.881. The molecule has 1 nitrogen and oxygen atoms in total. The Balaban J connectivity index is 1.57. The normalized spacial score (nSPS) is 22.9. The molecular formula is C28H31N. The van der Waals surface area contributed by atoms with Gasteiger partial charge in [0.1, 0.15) is 0 Å². The van der Waals surface area contributed by atoms with E-state index in [9.17, 15) is 0 Å². The van der Waals surface area contributed by atoms with Gasteiger partial charge in [-0.1, -0.05) is 84.0 Å². The lowest BCUT2D eigenvalue weighted by atomic mass is 10.0. The second-order valence-electron chi connectivity index (χ2n) is 8.25. The van der Waals surface area contributed by atoms with Gasteiger partial charge in [0.25, 0.3) is 0 Å². The number of rotatable bonds is 4. The van der Waals surface area contributed by atoms with Crippen molar-refractivity contribution >= 4 is 5.69 Å². The Morgan fingerprint density at radius 2 is 2.00 bits per heavy atom. The van der Waals surface area contributed by atoms with Gasteiger partial charge in [0.05, 0.1) is 6.04 Å². The molecule has 1 heterocycles. The average molecular weight is 382 g/mol. The van der Waals surface area contributed by atoms with Gasteiger partial charge in [-0.15, -0.1) is 0 Å². The number of benzene rings is 1. The third kappa shape index (κ3) is 4.29. The first-order valence-electron chi connectivity index (χ1n) is 10.7. The topological polar surface area (TPSA) is 3.24 Å². The Hall–Kier alpha value is -2.80. The summed E-state index contributed by atoms with van der Waals surface area (Å²) in [5, 5.41) is 0. The summed E-state index contributed by atoms with van der Waals surface area (Å²) in [5.74, 6) is 0. The first-order valence-corrected chi connectivity index (χ1v) is 10.7. The van der Waals surface area contributed by atoms with E-state index in [0.29, 0.717) is 0 Å². The standard InChI is InChI=1S/C28H31N/c1-4-10-25-18-23(17-21(25)2)13-9-11-22(3)29-27-15-7-5-12-24(20-27)19-26-14-6-8-16-28(26)29/h4-8,10-16,20,27H,9,17-19H2,1-3H3/b10-4-,22-11+,23-13-. The quantitative estimate of drug-likeness (QED) is 0.492. The van der Waals surface area contributed by atoms with Crippen molar-refractivity contribution in [2.24, 2.45) is 0 Å². The van der Waals surface area contributed by atoms with Gasteiger partial charge < -0.3 is 4.90 Å². The molecule has 0 spiro atoms. The summed E-state index contributed by atoms with van der Waals surface area (Å²) in [6, 6.07) is 9.11. The lowest BCUT2D eigenvalue weighted by Gasteiger charge is -2.31. The molecule has 1 aliphatic heterocycles. The van der Waals surface area contributed by atoms with Gasteiger partial charge in [-0.2, -0.15) is 0 Å². The third-order valence-electron chi connectivity index (χ3n) is 6.08. The van der Waals surface area contributed by atoms with Crippen molar-refractivity contribution in [2.45, 2.75) is 52.5 Å². The van der Waals surface area contributed by atoms with Crippen LogP contribution in [0.1, 0.15) is 45.6 Å². The van der Waals surface area contributed by atoms with Crippen LogP contribution in [0.4, 0.5) is 5.69 Å². The Morgan fingerprint density at radius 3 is 2.86 bits per heavy atom. The van der Waals surface area contributed by atoms with E-state index in [4.69, 9.17) is 0 Å². The van der Waals surface area contributed by atoms with Crippen LogP contribution in [-0.2, 0) is 6.42 Å². The summed E-state index contributed by atoms with van der Waals surface area (Å²) in [7, 11) is 0.